The molecule has 0 N–H and O–H groups in total. The maximum absolute atomic E-state index is 11.4. The van der Waals surface area contributed by atoms with Crippen molar-refractivity contribution < 1.29 is 19.1 Å². The second-order valence-corrected chi connectivity index (χ2v) is 10.8. The minimum Gasteiger partial charge on any atom is -0.466 e. The van der Waals surface area contributed by atoms with Crippen LogP contribution < -0.4 is 0 Å². The van der Waals surface area contributed by atoms with E-state index >= 15 is 0 Å². The van der Waals surface area contributed by atoms with Gasteiger partial charge in [0.15, 0.2) is 0 Å². The fourth-order valence-corrected chi connectivity index (χ4v) is 4.97. The van der Waals surface area contributed by atoms with Gasteiger partial charge in [0.05, 0.1) is 13.2 Å². The van der Waals surface area contributed by atoms with Gasteiger partial charge in [-0.3, -0.25) is 9.59 Å². The van der Waals surface area contributed by atoms with Gasteiger partial charge < -0.3 is 9.47 Å². The van der Waals surface area contributed by atoms with Crippen LogP contribution in [0.2, 0.25) is 0 Å². The summed E-state index contributed by atoms with van der Waals surface area (Å²) < 4.78 is 10.4. The minimum absolute atomic E-state index is 0.0112. The van der Waals surface area contributed by atoms with Crippen LogP contribution in [0.15, 0.2) is 0 Å². The fraction of sp³-hybridized carbons (Fsp3) is 0.935. The number of hydrogen-bond donors (Lipinski definition) is 0. The van der Waals surface area contributed by atoms with E-state index in [0.29, 0.717) is 26.1 Å². The van der Waals surface area contributed by atoms with Crippen LogP contribution in [0.5, 0.6) is 0 Å². The molecule has 0 aromatic carbocycles. The molecule has 4 heteroatoms. The standard InChI is InChI=1S/C16H30O2.C15H28O2/c17-16-14-12-10-8-6-4-2-1-3-5-7-9-11-13-15-18-16;16-15-13-11-9-7-5-3-1-2-4-6-8-10-12-14-17-15/h1-15H2;1-14H2. The zero-order valence-corrected chi connectivity index (χ0v) is 23.1. The van der Waals surface area contributed by atoms with Crippen LogP contribution in [0.1, 0.15) is 173 Å². The lowest BCUT2D eigenvalue weighted by molar-refractivity contribution is -0.144. The van der Waals surface area contributed by atoms with E-state index < -0.39 is 0 Å². The second-order valence-electron chi connectivity index (χ2n) is 10.8. The third kappa shape index (κ3) is 24.4. The Kier molecular flexibility index (Phi) is 23.8. The van der Waals surface area contributed by atoms with Crippen LogP contribution >= 0.6 is 0 Å². The average molecular weight is 495 g/mol. The van der Waals surface area contributed by atoms with E-state index in [0.717, 1.165) is 25.7 Å². The molecule has 0 bridgehead atoms. The monoisotopic (exact) mass is 494 g/mol. The Balaban J connectivity index is 0.000000351. The smallest absolute Gasteiger partial charge is 0.305 e. The predicted octanol–water partition coefficient (Wildman–Crippen LogP) is 9.62. The highest BCUT2D eigenvalue weighted by Gasteiger charge is 2.04. The van der Waals surface area contributed by atoms with E-state index in [-0.39, 0.29) is 11.9 Å². The van der Waals surface area contributed by atoms with E-state index in [4.69, 9.17) is 9.47 Å². The summed E-state index contributed by atoms with van der Waals surface area (Å²) in [6.07, 6.45) is 33.3. The molecule has 2 aliphatic rings. The van der Waals surface area contributed by atoms with Crippen molar-refractivity contribution in [3.63, 3.8) is 0 Å². The van der Waals surface area contributed by atoms with Crippen LogP contribution in [0.25, 0.3) is 0 Å². The molecular weight excluding hydrogens is 436 g/mol. The van der Waals surface area contributed by atoms with E-state index in [1.807, 2.05) is 0 Å². The lowest BCUT2D eigenvalue weighted by Gasteiger charge is -2.06. The molecule has 35 heavy (non-hydrogen) atoms. The van der Waals surface area contributed by atoms with Crippen molar-refractivity contribution >= 4 is 11.9 Å². The highest BCUT2D eigenvalue weighted by Crippen LogP contribution is 2.15. The second kappa shape index (κ2) is 26.0. The normalized spacial score (nSPS) is 23.0. The molecule has 0 saturated carbocycles. The molecule has 2 aliphatic heterocycles. The summed E-state index contributed by atoms with van der Waals surface area (Å²) in [7, 11) is 0. The Labute approximate surface area is 217 Å². The lowest BCUT2D eigenvalue weighted by atomic mass is 10.0. The molecule has 2 fully saturated rings. The van der Waals surface area contributed by atoms with Crippen molar-refractivity contribution in [3.8, 4) is 0 Å². The van der Waals surface area contributed by atoms with Crippen molar-refractivity contribution in [2.75, 3.05) is 13.2 Å². The minimum atomic E-state index is 0.0112. The zero-order valence-electron chi connectivity index (χ0n) is 23.1. The Hall–Kier alpha value is -1.06. The van der Waals surface area contributed by atoms with Crippen LogP contribution in [-0.4, -0.2) is 25.2 Å². The highest BCUT2D eigenvalue weighted by molar-refractivity contribution is 5.69. The Morgan fingerprint density at radius 3 is 0.743 bits per heavy atom. The van der Waals surface area contributed by atoms with E-state index in [1.165, 1.54) is 135 Å². The van der Waals surface area contributed by atoms with Crippen molar-refractivity contribution in [2.45, 2.75) is 173 Å². The van der Waals surface area contributed by atoms with Gasteiger partial charge in [0.2, 0.25) is 0 Å². The lowest BCUT2D eigenvalue weighted by Crippen LogP contribution is -2.05. The van der Waals surface area contributed by atoms with E-state index in [2.05, 4.69) is 0 Å². The van der Waals surface area contributed by atoms with Crippen LogP contribution in [0.4, 0.5) is 0 Å². The number of esters is 2. The van der Waals surface area contributed by atoms with Crippen molar-refractivity contribution in [1.82, 2.24) is 0 Å². The third-order valence-electron chi connectivity index (χ3n) is 7.33. The molecule has 2 saturated heterocycles. The summed E-state index contributed by atoms with van der Waals surface area (Å²) in [5.41, 5.74) is 0. The molecule has 0 radical (unpaired) electrons. The third-order valence-corrected chi connectivity index (χ3v) is 7.33. The maximum atomic E-state index is 11.4. The summed E-state index contributed by atoms with van der Waals surface area (Å²) in [6, 6.07) is 0. The Bertz CT molecular complexity index is 439. The number of carbonyl (C=O) groups excluding carboxylic acids is 2. The zero-order chi connectivity index (χ0) is 25.1. The van der Waals surface area contributed by atoms with Gasteiger partial charge in [0.25, 0.3) is 0 Å². The SMILES string of the molecule is O=C1CCCCCCCCCCCCCCCO1.O=C1CCCCCCCCCCCCCCO1. The number of ether oxygens (including phenoxy) is 2. The topological polar surface area (TPSA) is 52.6 Å². The van der Waals surface area contributed by atoms with Crippen LogP contribution in [-0.2, 0) is 19.1 Å². The van der Waals surface area contributed by atoms with Crippen molar-refractivity contribution in [3.05, 3.63) is 0 Å². The van der Waals surface area contributed by atoms with E-state index in [9.17, 15) is 9.59 Å². The van der Waals surface area contributed by atoms with Crippen LogP contribution in [0, 0.1) is 0 Å². The number of hydrogen-bond acceptors (Lipinski definition) is 4. The summed E-state index contributed by atoms with van der Waals surface area (Å²) in [5, 5.41) is 0. The molecule has 206 valence electrons. The van der Waals surface area contributed by atoms with Gasteiger partial charge in [-0.05, 0) is 25.7 Å². The molecule has 2 rings (SSSR count). The summed E-state index contributed by atoms with van der Waals surface area (Å²) in [5.74, 6) is 0.0245. The van der Waals surface area contributed by atoms with E-state index in [1.54, 1.807) is 0 Å². The molecule has 0 spiro atoms. The molecule has 0 aromatic rings. The summed E-state index contributed by atoms with van der Waals surface area (Å²) in [4.78, 5) is 22.8. The quantitative estimate of drug-likeness (QED) is 0.314. The van der Waals surface area contributed by atoms with Crippen LogP contribution in [0.3, 0.4) is 0 Å². The number of carbonyl (C=O) groups is 2. The molecule has 0 amide bonds. The van der Waals surface area contributed by atoms with Gasteiger partial charge >= 0.3 is 11.9 Å². The fourth-order valence-electron chi connectivity index (χ4n) is 4.97. The van der Waals surface area contributed by atoms with Gasteiger partial charge in [-0.25, -0.2) is 0 Å². The molecule has 2 heterocycles. The first-order valence-electron chi connectivity index (χ1n) is 15.6. The molecule has 0 aromatic heterocycles. The van der Waals surface area contributed by atoms with Gasteiger partial charge in [0, 0.05) is 12.8 Å². The molecular formula is C31H58O4. The molecule has 0 unspecified atom stereocenters. The summed E-state index contributed by atoms with van der Waals surface area (Å²) in [6.45, 7) is 1.28. The first-order chi connectivity index (χ1) is 17.3. The first kappa shape index (κ1) is 32.0. The number of cyclic esters (lactones) is 2. The average Bonchev–Trinajstić information content (AvgIpc) is 2.85. The molecule has 4 nitrogen and oxygen atoms in total. The Morgan fingerprint density at radius 1 is 0.286 bits per heavy atom. The van der Waals surface area contributed by atoms with Gasteiger partial charge in [-0.2, -0.15) is 0 Å². The largest absolute Gasteiger partial charge is 0.466 e. The van der Waals surface area contributed by atoms with Crippen molar-refractivity contribution in [2.24, 2.45) is 0 Å². The van der Waals surface area contributed by atoms with Gasteiger partial charge in [0.1, 0.15) is 0 Å². The highest BCUT2D eigenvalue weighted by atomic mass is 16.5. The maximum Gasteiger partial charge on any atom is 0.305 e. The number of rotatable bonds is 0. The summed E-state index contributed by atoms with van der Waals surface area (Å²) >= 11 is 0. The van der Waals surface area contributed by atoms with Gasteiger partial charge in [-0.15, -0.1) is 0 Å². The predicted molar refractivity (Wildman–Crippen MR) is 147 cm³/mol. The first-order valence-corrected chi connectivity index (χ1v) is 15.6. The van der Waals surface area contributed by atoms with Gasteiger partial charge in [-0.1, -0.05) is 135 Å². The molecule has 0 aliphatic carbocycles. The van der Waals surface area contributed by atoms with Crippen molar-refractivity contribution in [1.29, 1.82) is 0 Å². The Morgan fingerprint density at radius 2 is 0.486 bits per heavy atom. The molecule has 0 atom stereocenters.